The van der Waals surface area contributed by atoms with Gasteiger partial charge >= 0.3 is 5.97 Å². The molecule has 4 nitrogen and oxygen atoms in total. The SMILES string of the molecule is CCC(=O)N(C)OC(=O)CCl. The predicted octanol–water partition coefficient (Wildman–Crippen LogP) is 0.552. The average Bonchev–Trinajstić information content (AvgIpc) is 2.02. The zero-order valence-corrected chi connectivity index (χ0v) is 7.22. The molecule has 0 heterocycles. The second-order valence-electron chi connectivity index (χ2n) is 1.84. The lowest BCUT2D eigenvalue weighted by molar-refractivity contribution is -0.190. The second-order valence-corrected chi connectivity index (χ2v) is 2.11. The number of hydroxylamine groups is 2. The minimum Gasteiger partial charge on any atom is -0.337 e. The van der Waals surface area contributed by atoms with Crippen LogP contribution in [0.1, 0.15) is 13.3 Å². The van der Waals surface area contributed by atoms with Crippen LogP contribution in [0.5, 0.6) is 0 Å². The predicted molar refractivity (Wildman–Crippen MR) is 39.9 cm³/mol. The summed E-state index contributed by atoms with van der Waals surface area (Å²) >= 11 is 5.13. The smallest absolute Gasteiger partial charge is 0.337 e. The van der Waals surface area contributed by atoms with Crippen LogP contribution in [0.2, 0.25) is 0 Å². The van der Waals surface area contributed by atoms with E-state index in [0.29, 0.717) is 6.42 Å². The molecule has 5 heteroatoms. The molecule has 0 radical (unpaired) electrons. The molecule has 0 unspecified atom stereocenters. The topological polar surface area (TPSA) is 46.6 Å². The number of alkyl halides is 1. The molecule has 1 amide bonds. The zero-order chi connectivity index (χ0) is 8.85. The summed E-state index contributed by atoms with van der Waals surface area (Å²) in [6, 6.07) is 0. The largest absolute Gasteiger partial charge is 0.347 e. The first-order valence-electron chi connectivity index (χ1n) is 3.15. The Labute approximate surface area is 70.0 Å². The number of amides is 1. The molecule has 64 valence electrons. The highest BCUT2D eigenvalue weighted by Gasteiger charge is 2.10. The summed E-state index contributed by atoms with van der Waals surface area (Å²) in [5.41, 5.74) is 0. The van der Waals surface area contributed by atoms with Crippen molar-refractivity contribution in [2.75, 3.05) is 12.9 Å². The van der Waals surface area contributed by atoms with Gasteiger partial charge in [-0.15, -0.1) is 11.6 Å². The fourth-order valence-electron chi connectivity index (χ4n) is 0.451. The maximum atomic E-state index is 10.8. The van der Waals surface area contributed by atoms with Crippen molar-refractivity contribution in [3.05, 3.63) is 0 Å². The summed E-state index contributed by atoms with van der Waals surface area (Å²) in [7, 11) is 1.37. The zero-order valence-electron chi connectivity index (χ0n) is 6.46. The molecule has 0 aliphatic carbocycles. The van der Waals surface area contributed by atoms with Gasteiger partial charge in [0.05, 0.1) is 0 Å². The van der Waals surface area contributed by atoms with Crippen LogP contribution in [-0.4, -0.2) is 29.9 Å². The lowest BCUT2D eigenvalue weighted by atomic mass is 10.5. The van der Waals surface area contributed by atoms with Crippen molar-refractivity contribution in [3.63, 3.8) is 0 Å². The van der Waals surface area contributed by atoms with Crippen LogP contribution in [0.25, 0.3) is 0 Å². The summed E-state index contributed by atoms with van der Waals surface area (Å²) in [6.45, 7) is 1.67. The second kappa shape index (κ2) is 4.96. The van der Waals surface area contributed by atoms with Crippen LogP contribution < -0.4 is 0 Å². The highest BCUT2D eigenvalue weighted by Crippen LogP contribution is 1.92. The molecular weight excluding hydrogens is 170 g/mol. The first kappa shape index (κ1) is 10.2. The van der Waals surface area contributed by atoms with Gasteiger partial charge in [0.25, 0.3) is 5.91 Å². The van der Waals surface area contributed by atoms with E-state index in [1.54, 1.807) is 6.92 Å². The number of halogens is 1. The third-order valence-corrected chi connectivity index (χ3v) is 1.22. The Morgan fingerprint density at radius 1 is 1.55 bits per heavy atom. The van der Waals surface area contributed by atoms with E-state index in [1.807, 2.05) is 0 Å². The number of hydrogen-bond donors (Lipinski definition) is 0. The van der Waals surface area contributed by atoms with Crippen LogP contribution in [0.4, 0.5) is 0 Å². The lowest BCUT2D eigenvalue weighted by Crippen LogP contribution is -2.29. The van der Waals surface area contributed by atoms with Gasteiger partial charge in [0.1, 0.15) is 5.88 Å². The van der Waals surface area contributed by atoms with Gasteiger partial charge in [-0.25, -0.2) is 4.79 Å². The first-order valence-corrected chi connectivity index (χ1v) is 3.68. The van der Waals surface area contributed by atoms with Crippen LogP contribution >= 0.6 is 11.6 Å². The quantitative estimate of drug-likeness (QED) is 0.460. The fraction of sp³-hybridized carbons (Fsp3) is 0.667. The molecule has 0 saturated carbocycles. The fourth-order valence-corrected chi connectivity index (χ4v) is 0.499. The Kier molecular flexibility index (Phi) is 4.61. The van der Waals surface area contributed by atoms with Crippen LogP contribution in [0.3, 0.4) is 0 Å². The molecular formula is C6H10ClNO3. The van der Waals surface area contributed by atoms with E-state index in [-0.39, 0.29) is 11.8 Å². The monoisotopic (exact) mass is 179 g/mol. The Balaban J connectivity index is 3.77. The van der Waals surface area contributed by atoms with E-state index in [2.05, 4.69) is 4.84 Å². The van der Waals surface area contributed by atoms with Gasteiger partial charge in [-0.1, -0.05) is 6.92 Å². The summed E-state index contributed by atoms with van der Waals surface area (Å²) in [5.74, 6) is -1.14. The number of rotatable bonds is 2. The van der Waals surface area contributed by atoms with Crippen LogP contribution in [0.15, 0.2) is 0 Å². The molecule has 0 aromatic heterocycles. The Bertz CT molecular complexity index is 160. The molecule has 0 bridgehead atoms. The maximum Gasteiger partial charge on any atom is 0.347 e. The molecule has 0 aromatic rings. The summed E-state index contributed by atoms with van der Waals surface area (Å²) in [6.07, 6.45) is 0.298. The van der Waals surface area contributed by atoms with Crippen molar-refractivity contribution >= 4 is 23.5 Å². The van der Waals surface area contributed by atoms with E-state index in [0.717, 1.165) is 5.06 Å². The number of nitrogens with zero attached hydrogens (tertiary/aromatic N) is 1. The van der Waals surface area contributed by atoms with E-state index in [1.165, 1.54) is 7.05 Å². The van der Waals surface area contributed by atoms with Crippen molar-refractivity contribution in [2.24, 2.45) is 0 Å². The van der Waals surface area contributed by atoms with Crippen LogP contribution in [0, 0.1) is 0 Å². The standard InChI is InChI=1S/C6H10ClNO3/c1-3-5(9)8(2)11-6(10)4-7/h3-4H2,1-2H3. The molecule has 0 N–H and O–H groups in total. The van der Waals surface area contributed by atoms with Gasteiger partial charge < -0.3 is 4.84 Å². The molecule has 0 fully saturated rings. The normalized spacial score (nSPS) is 9.00. The average molecular weight is 180 g/mol. The van der Waals surface area contributed by atoms with Gasteiger partial charge in [0.2, 0.25) is 0 Å². The maximum absolute atomic E-state index is 10.8. The molecule has 0 saturated heterocycles. The molecule has 0 rings (SSSR count). The minimum absolute atomic E-state index is 0.249. The molecule has 0 aromatic carbocycles. The molecule has 0 atom stereocenters. The van der Waals surface area contributed by atoms with Crippen molar-refractivity contribution in [1.29, 1.82) is 0 Å². The molecule has 0 aliphatic rings. The summed E-state index contributed by atoms with van der Waals surface area (Å²) in [5, 5.41) is 0.880. The van der Waals surface area contributed by atoms with Crippen molar-refractivity contribution < 1.29 is 14.4 Å². The molecule has 0 spiro atoms. The van der Waals surface area contributed by atoms with Gasteiger partial charge in [-0.3, -0.25) is 4.79 Å². The van der Waals surface area contributed by atoms with Gasteiger partial charge in [0, 0.05) is 13.5 Å². The van der Waals surface area contributed by atoms with E-state index < -0.39 is 5.97 Å². The van der Waals surface area contributed by atoms with Gasteiger partial charge in [-0.2, -0.15) is 5.06 Å². The molecule has 0 aliphatic heterocycles. The minimum atomic E-state index is -0.629. The third kappa shape index (κ3) is 3.83. The van der Waals surface area contributed by atoms with Crippen molar-refractivity contribution in [2.45, 2.75) is 13.3 Å². The van der Waals surface area contributed by atoms with Crippen molar-refractivity contribution in [3.8, 4) is 0 Å². The summed E-state index contributed by atoms with van der Waals surface area (Å²) < 4.78 is 0. The highest BCUT2D eigenvalue weighted by atomic mass is 35.5. The molecule has 11 heavy (non-hydrogen) atoms. The van der Waals surface area contributed by atoms with E-state index in [4.69, 9.17) is 11.6 Å². The van der Waals surface area contributed by atoms with E-state index >= 15 is 0 Å². The Morgan fingerprint density at radius 3 is 2.45 bits per heavy atom. The van der Waals surface area contributed by atoms with Crippen LogP contribution in [-0.2, 0) is 14.4 Å². The number of carbonyl (C=O) groups excluding carboxylic acids is 2. The Morgan fingerprint density at radius 2 is 2.09 bits per heavy atom. The number of carbonyl (C=O) groups is 2. The number of hydrogen-bond acceptors (Lipinski definition) is 3. The van der Waals surface area contributed by atoms with E-state index in [9.17, 15) is 9.59 Å². The van der Waals surface area contributed by atoms with Gasteiger partial charge in [0.15, 0.2) is 0 Å². The summed E-state index contributed by atoms with van der Waals surface area (Å²) in [4.78, 5) is 25.7. The lowest BCUT2D eigenvalue weighted by Gasteiger charge is -2.13. The Hall–Kier alpha value is -0.770. The first-order chi connectivity index (χ1) is 5.11. The van der Waals surface area contributed by atoms with Crippen molar-refractivity contribution in [1.82, 2.24) is 5.06 Å². The highest BCUT2D eigenvalue weighted by molar-refractivity contribution is 6.26. The van der Waals surface area contributed by atoms with Gasteiger partial charge in [-0.05, 0) is 0 Å². The third-order valence-electron chi connectivity index (χ3n) is 1.00.